The number of carboxylic acid groups (broad SMARTS) is 1. The third-order valence-corrected chi connectivity index (χ3v) is 4.46. The molecule has 2 rings (SSSR count). The van der Waals surface area contributed by atoms with Crippen molar-refractivity contribution in [3.8, 4) is 0 Å². The summed E-state index contributed by atoms with van der Waals surface area (Å²) < 4.78 is 0. The van der Waals surface area contributed by atoms with E-state index in [4.69, 9.17) is 0 Å². The van der Waals surface area contributed by atoms with Crippen molar-refractivity contribution in [1.82, 2.24) is 10.2 Å². The van der Waals surface area contributed by atoms with Crippen LogP contribution in [-0.4, -0.2) is 54.7 Å². The lowest BCUT2D eigenvalue weighted by atomic mass is 10.0. The van der Waals surface area contributed by atoms with E-state index in [1.807, 2.05) is 24.3 Å². The van der Waals surface area contributed by atoms with Crippen LogP contribution >= 0.6 is 0 Å². The van der Waals surface area contributed by atoms with Gasteiger partial charge < -0.3 is 15.3 Å². The summed E-state index contributed by atoms with van der Waals surface area (Å²) in [5.74, 6) is -0.774. The molecule has 2 unspecified atom stereocenters. The first-order valence-electron chi connectivity index (χ1n) is 8.12. The maximum atomic E-state index is 11.8. The van der Waals surface area contributed by atoms with Gasteiger partial charge in [0.15, 0.2) is 0 Å². The van der Waals surface area contributed by atoms with Crippen LogP contribution in [0.2, 0.25) is 0 Å². The zero-order valence-electron chi connectivity index (χ0n) is 13.7. The zero-order valence-corrected chi connectivity index (χ0v) is 13.7. The van der Waals surface area contributed by atoms with E-state index in [1.165, 1.54) is 0 Å². The van der Waals surface area contributed by atoms with Crippen molar-refractivity contribution in [2.75, 3.05) is 37.6 Å². The quantitative estimate of drug-likeness (QED) is 0.841. The highest BCUT2D eigenvalue weighted by molar-refractivity contribution is 5.76. The van der Waals surface area contributed by atoms with Crippen molar-refractivity contribution >= 4 is 11.7 Å². The lowest BCUT2D eigenvalue weighted by Gasteiger charge is -2.38. The van der Waals surface area contributed by atoms with E-state index in [2.05, 4.69) is 35.9 Å². The van der Waals surface area contributed by atoms with Gasteiger partial charge >= 0.3 is 5.97 Å². The molecule has 0 amide bonds. The van der Waals surface area contributed by atoms with Crippen LogP contribution < -0.4 is 10.2 Å². The third-order valence-electron chi connectivity index (χ3n) is 4.46. The highest BCUT2D eigenvalue weighted by Gasteiger charge is 2.32. The number of aliphatic carboxylic acids is 1. The molecule has 0 aliphatic carbocycles. The highest BCUT2D eigenvalue weighted by atomic mass is 16.4. The van der Waals surface area contributed by atoms with E-state index >= 15 is 0 Å². The van der Waals surface area contributed by atoms with Gasteiger partial charge in [-0.15, -0.1) is 0 Å². The Labute approximate surface area is 132 Å². The van der Waals surface area contributed by atoms with Gasteiger partial charge in [0.05, 0.1) is 0 Å². The summed E-state index contributed by atoms with van der Waals surface area (Å²) in [6.45, 7) is 10.7. The number of nitrogens with one attached hydrogen (secondary N) is 1. The monoisotopic (exact) mass is 305 g/mol. The van der Waals surface area contributed by atoms with Gasteiger partial charge in [0.25, 0.3) is 0 Å². The predicted octanol–water partition coefficient (Wildman–Crippen LogP) is 1.95. The van der Waals surface area contributed by atoms with Crippen molar-refractivity contribution < 1.29 is 9.90 Å². The first-order valence-corrected chi connectivity index (χ1v) is 8.12. The smallest absolute Gasteiger partial charge is 0.325 e. The Kier molecular flexibility index (Phi) is 5.80. The molecule has 2 atom stereocenters. The minimum Gasteiger partial charge on any atom is -0.480 e. The van der Waals surface area contributed by atoms with Gasteiger partial charge in [-0.1, -0.05) is 12.1 Å². The summed E-state index contributed by atoms with van der Waals surface area (Å²) in [7, 11) is 0. The number of rotatable bonds is 6. The van der Waals surface area contributed by atoms with E-state index in [9.17, 15) is 9.90 Å². The van der Waals surface area contributed by atoms with E-state index in [1.54, 1.807) is 0 Å². The maximum absolute atomic E-state index is 11.8. The topological polar surface area (TPSA) is 55.8 Å². The van der Waals surface area contributed by atoms with Gasteiger partial charge in [-0.3, -0.25) is 9.69 Å². The molecule has 1 fully saturated rings. The van der Waals surface area contributed by atoms with Crippen LogP contribution in [0, 0.1) is 0 Å². The molecule has 22 heavy (non-hydrogen) atoms. The summed E-state index contributed by atoms with van der Waals surface area (Å²) in [6.07, 6.45) is 0. The Morgan fingerprint density at radius 3 is 2.50 bits per heavy atom. The minimum absolute atomic E-state index is 0.220. The zero-order chi connectivity index (χ0) is 16.1. The second kappa shape index (κ2) is 7.61. The molecule has 5 nitrogen and oxygen atoms in total. The van der Waals surface area contributed by atoms with E-state index in [-0.39, 0.29) is 6.04 Å². The molecule has 0 spiro atoms. The van der Waals surface area contributed by atoms with Crippen molar-refractivity contribution in [3.05, 3.63) is 29.8 Å². The van der Waals surface area contributed by atoms with Gasteiger partial charge in [0.1, 0.15) is 6.04 Å². The van der Waals surface area contributed by atoms with Crippen LogP contribution in [-0.2, 0) is 4.79 Å². The molecule has 5 heteroatoms. The molecule has 0 radical (unpaired) electrons. The van der Waals surface area contributed by atoms with E-state index < -0.39 is 12.0 Å². The standard InChI is InChI=1S/C17H27N3O2/c1-4-19(5-2)15-8-6-14(7-9-15)16(17(21)22)20-11-10-18-12-13(20)3/h6-9,13,16,18H,4-5,10-12H2,1-3H3,(H,21,22). The van der Waals surface area contributed by atoms with E-state index in [0.29, 0.717) is 0 Å². The first-order chi connectivity index (χ1) is 10.6. The molecular formula is C17H27N3O2. The lowest BCUT2D eigenvalue weighted by molar-refractivity contribution is -0.145. The second-order valence-corrected chi connectivity index (χ2v) is 5.80. The first kappa shape index (κ1) is 16.8. The molecule has 1 aromatic rings. The minimum atomic E-state index is -0.774. The Morgan fingerprint density at radius 1 is 1.36 bits per heavy atom. The molecule has 0 saturated carbocycles. The van der Waals surface area contributed by atoms with Gasteiger partial charge in [-0.2, -0.15) is 0 Å². The van der Waals surface area contributed by atoms with Crippen LogP contribution in [0.5, 0.6) is 0 Å². The number of benzene rings is 1. The normalized spacial score (nSPS) is 20.6. The molecule has 0 bridgehead atoms. The predicted molar refractivity (Wildman–Crippen MR) is 89.4 cm³/mol. The fourth-order valence-corrected chi connectivity index (χ4v) is 3.17. The summed E-state index contributed by atoms with van der Waals surface area (Å²) >= 11 is 0. The summed E-state index contributed by atoms with van der Waals surface area (Å²) in [5, 5.41) is 13.0. The third kappa shape index (κ3) is 3.59. The molecule has 1 aliphatic heterocycles. The van der Waals surface area contributed by atoms with Gasteiger partial charge in [-0.05, 0) is 38.5 Å². The molecular weight excluding hydrogens is 278 g/mol. The van der Waals surface area contributed by atoms with Gasteiger partial charge in [0.2, 0.25) is 0 Å². The van der Waals surface area contributed by atoms with Crippen LogP contribution in [0.3, 0.4) is 0 Å². The molecule has 1 heterocycles. The van der Waals surface area contributed by atoms with Gasteiger partial charge in [0, 0.05) is 44.5 Å². The molecule has 1 saturated heterocycles. The SMILES string of the molecule is CCN(CC)c1ccc(C(C(=O)O)N2CCNCC2C)cc1. The number of carboxylic acids is 1. The average molecular weight is 305 g/mol. The Bertz CT molecular complexity index is 485. The second-order valence-electron chi connectivity index (χ2n) is 5.80. The van der Waals surface area contributed by atoms with Crippen LogP contribution in [0.4, 0.5) is 5.69 Å². The Balaban J connectivity index is 2.23. The van der Waals surface area contributed by atoms with Crippen molar-refractivity contribution in [1.29, 1.82) is 0 Å². The van der Waals surface area contributed by atoms with E-state index in [0.717, 1.165) is 44.0 Å². The summed E-state index contributed by atoms with van der Waals surface area (Å²) in [5.41, 5.74) is 2.00. The van der Waals surface area contributed by atoms with Gasteiger partial charge in [-0.25, -0.2) is 0 Å². The number of nitrogens with zero attached hydrogens (tertiary/aromatic N) is 2. The number of anilines is 1. The number of piperazine rings is 1. The number of hydrogen-bond donors (Lipinski definition) is 2. The fraction of sp³-hybridized carbons (Fsp3) is 0.588. The lowest BCUT2D eigenvalue weighted by Crippen LogP contribution is -2.52. The number of hydrogen-bond acceptors (Lipinski definition) is 4. The van der Waals surface area contributed by atoms with Crippen LogP contribution in [0.25, 0.3) is 0 Å². The molecule has 0 aromatic heterocycles. The highest BCUT2D eigenvalue weighted by Crippen LogP contribution is 2.26. The maximum Gasteiger partial charge on any atom is 0.325 e. The van der Waals surface area contributed by atoms with Crippen LogP contribution in [0.1, 0.15) is 32.4 Å². The molecule has 2 N–H and O–H groups in total. The summed E-state index contributed by atoms with van der Waals surface area (Å²) in [4.78, 5) is 16.1. The largest absolute Gasteiger partial charge is 0.480 e. The fourth-order valence-electron chi connectivity index (χ4n) is 3.17. The summed E-state index contributed by atoms with van der Waals surface area (Å²) in [6, 6.07) is 7.64. The van der Waals surface area contributed by atoms with Crippen LogP contribution in [0.15, 0.2) is 24.3 Å². The molecule has 122 valence electrons. The number of carbonyl (C=O) groups is 1. The Morgan fingerprint density at radius 2 is 2.00 bits per heavy atom. The Hall–Kier alpha value is -1.59. The van der Waals surface area contributed by atoms with Crippen molar-refractivity contribution in [2.45, 2.75) is 32.9 Å². The molecule has 1 aliphatic rings. The van der Waals surface area contributed by atoms with Crippen molar-refractivity contribution in [2.24, 2.45) is 0 Å². The van der Waals surface area contributed by atoms with Crippen molar-refractivity contribution in [3.63, 3.8) is 0 Å². The average Bonchev–Trinajstić information content (AvgIpc) is 2.52. The molecule has 1 aromatic carbocycles.